The molecule has 0 saturated heterocycles. The van der Waals surface area contributed by atoms with Crippen LogP contribution in [0.5, 0.6) is 0 Å². The van der Waals surface area contributed by atoms with Crippen molar-refractivity contribution in [2.75, 3.05) is 0 Å². The van der Waals surface area contributed by atoms with E-state index in [1.54, 1.807) is 0 Å². The van der Waals surface area contributed by atoms with Crippen molar-refractivity contribution >= 4 is 17.9 Å². The van der Waals surface area contributed by atoms with E-state index in [2.05, 4.69) is 11.7 Å². The van der Waals surface area contributed by atoms with E-state index in [9.17, 15) is 14.4 Å². The zero-order valence-corrected chi connectivity index (χ0v) is 21.6. The molecular weight excluding hydrogens is 368 g/mol. The molecule has 0 aromatic rings. The average molecular weight is 405 g/mol. The molecule has 1 unspecified atom stereocenters. The molecule has 0 aliphatic rings. The van der Waals surface area contributed by atoms with Gasteiger partial charge in [0, 0.05) is 12.8 Å². The Morgan fingerprint density at radius 3 is 1.74 bits per heavy atom. The van der Waals surface area contributed by atoms with E-state index in [0.29, 0.717) is 6.42 Å². The summed E-state index contributed by atoms with van der Waals surface area (Å²) in [6.45, 7) is 2.22. The number of carbonyl (C=O) groups excluding carboxylic acids is 2. The summed E-state index contributed by atoms with van der Waals surface area (Å²) in [4.78, 5) is 33.4. The summed E-state index contributed by atoms with van der Waals surface area (Å²) < 4.78 is 4.64. The average Bonchev–Trinajstić information content (AvgIpc) is 2.57. The Hall–Kier alpha value is 0.570. The Labute approximate surface area is 211 Å². The van der Waals surface area contributed by atoms with Crippen molar-refractivity contribution in [3.63, 3.8) is 0 Å². The Balaban J connectivity index is -0.000000480. The summed E-state index contributed by atoms with van der Waals surface area (Å²) in [6.07, 6.45) is 13.0. The summed E-state index contributed by atoms with van der Waals surface area (Å²) in [5, 5.41) is 8.52. The third-order valence-corrected chi connectivity index (χ3v) is 4.17. The second-order valence-electron chi connectivity index (χ2n) is 6.62. The first-order valence-corrected chi connectivity index (χ1v) is 9.69. The van der Waals surface area contributed by atoms with Gasteiger partial charge in [0.2, 0.25) is 0 Å². The number of carbonyl (C=O) groups is 3. The van der Waals surface area contributed by atoms with Gasteiger partial charge in [0.05, 0.1) is 0 Å². The molecule has 0 aliphatic carbocycles. The molecular formula is C19H37NNa2O5. The third-order valence-electron chi connectivity index (χ3n) is 4.17. The summed E-state index contributed by atoms with van der Waals surface area (Å²) in [7, 11) is 0. The molecule has 0 aromatic heterocycles. The SMILES string of the molecule is CCCCCCCCCCCCCC(=O)OC(=O)C(N)CCC(=O)O.[H-].[H-].[Na+].[Na+]. The summed E-state index contributed by atoms with van der Waals surface area (Å²) in [5.41, 5.74) is 5.48. The van der Waals surface area contributed by atoms with Gasteiger partial charge >= 0.3 is 77.0 Å². The fraction of sp³-hybridized carbons (Fsp3) is 0.842. The maximum atomic E-state index is 11.5. The molecule has 0 radical (unpaired) electrons. The van der Waals surface area contributed by atoms with Crippen LogP contribution in [0.1, 0.15) is 99.7 Å². The topological polar surface area (TPSA) is 107 Å². The second-order valence-corrected chi connectivity index (χ2v) is 6.62. The number of carboxylic acids is 1. The molecule has 3 N–H and O–H groups in total. The van der Waals surface area contributed by atoms with Crippen molar-refractivity contribution in [3.8, 4) is 0 Å². The Morgan fingerprint density at radius 2 is 1.30 bits per heavy atom. The van der Waals surface area contributed by atoms with E-state index in [0.717, 1.165) is 12.8 Å². The second kappa shape index (κ2) is 22.9. The maximum absolute atomic E-state index is 11.5. The van der Waals surface area contributed by atoms with Crippen LogP contribution in [0.3, 0.4) is 0 Å². The first-order valence-electron chi connectivity index (χ1n) is 9.69. The number of carboxylic acid groups (broad SMARTS) is 1. The fourth-order valence-corrected chi connectivity index (χ4v) is 2.57. The van der Waals surface area contributed by atoms with E-state index in [4.69, 9.17) is 10.8 Å². The zero-order chi connectivity index (χ0) is 18.9. The number of hydrogen-bond donors (Lipinski definition) is 2. The largest absolute Gasteiger partial charge is 1.00 e. The van der Waals surface area contributed by atoms with Crippen molar-refractivity contribution in [2.45, 2.75) is 103 Å². The van der Waals surface area contributed by atoms with Gasteiger partial charge in [-0.05, 0) is 12.8 Å². The van der Waals surface area contributed by atoms with Crippen LogP contribution in [0.4, 0.5) is 0 Å². The van der Waals surface area contributed by atoms with Crippen molar-refractivity contribution in [1.29, 1.82) is 0 Å². The van der Waals surface area contributed by atoms with Gasteiger partial charge in [-0.2, -0.15) is 0 Å². The molecule has 0 heterocycles. The Kier molecular flexibility index (Phi) is 27.3. The van der Waals surface area contributed by atoms with Crippen LogP contribution in [0.2, 0.25) is 0 Å². The van der Waals surface area contributed by atoms with Crippen LogP contribution in [0.25, 0.3) is 0 Å². The smallest absolute Gasteiger partial charge is 1.00 e. The van der Waals surface area contributed by atoms with E-state index in [1.807, 2.05) is 0 Å². The quantitative estimate of drug-likeness (QED) is 0.136. The number of hydrogen-bond acceptors (Lipinski definition) is 5. The van der Waals surface area contributed by atoms with E-state index in [-0.39, 0.29) is 81.2 Å². The minimum atomic E-state index is -1.06. The predicted octanol–water partition coefficient (Wildman–Crippen LogP) is -1.82. The van der Waals surface area contributed by atoms with Gasteiger partial charge in [-0.25, -0.2) is 4.79 Å². The molecule has 0 rings (SSSR count). The molecule has 0 bridgehead atoms. The monoisotopic (exact) mass is 405 g/mol. The zero-order valence-electron chi connectivity index (χ0n) is 19.6. The molecule has 0 spiro atoms. The molecule has 0 aliphatic heterocycles. The molecule has 150 valence electrons. The van der Waals surface area contributed by atoms with Crippen LogP contribution in [-0.2, 0) is 19.1 Å². The van der Waals surface area contributed by atoms with Gasteiger partial charge in [0.15, 0.2) is 0 Å². The van der Waals surface area contributed by atoms with Crippen LogP contribution >= 0.6 is 0 Å². The number of rotatable bonds is 16. The molecule has 1 atom stereocenters. The molecule has 0 fully saturated rings. The predicted molar refractivity (Wildman–Crippen MR) is 99.2 cm³/mol. The minimum absolute atomic E-state index is 0. The van der Waals surface area contributed by atoms with Gasteiger partial charge in [-0.1, -0.05) is 71.1 Å². The molecule has 6 nitrogen and oxygen atoms in total. The number of unbranched alkanes of at least 4 members (excludes halogenated alkanes) is 10. The van der Waals surface area contributed by atoms with E-state index >= 15 is 0 Å². The first kappa shape index (κ1) is 32.2. The van der Waals surface area contributed by atoms with Crippen molar-refractivity contribution in [3.05, 3.63) is 0 Å². The molecule has 8 heteroatoms. The Morgan fingerprint density at radius 1 is 0.852 bits per heavy atom. The standard InChI is InChI=1S/C19H35NO5.2Na.2H/c1-2-3-4-5-6-7-8-9-10-11-12-13-18(23)25-19(24)16(20)14-15-17(21)22;;;;/h16H,2-15,20H2,1H3,(H,21,22);;;;/q;2*+1;2*-1. The van der Waals surface area contributed by atoms with Crippen LogP contribution in [-0.4, -0.2) is 29.1 Å². The Bertz CT molecular complexity index is 405. The molecule has 0 amide bonds. The van der Waals surface area contributed by atoms with Crippen LogP contribution in [0, 0.1) is 0 Å². The first-order chi connectivity index (χ1) is 12.0. The molecule has 0 aromatic carbocycles. The number of esters is 2. The van der Waals surface area contributed by atoms with Gasteiger partial charge in [-0.15, -0.1) is 0 Å². The van der Waals surface area contributed by atoms with Crippen molar-refractivity contribution in [1.82, 2.24) is 0 Å². The van der Waals surface area contributed by atoms with Gasteiger partial charge < -0.3 is 18.4 Å². The summed E-state index contributed by atoms with van der Waals surface area (Å²) in [6, 6.07) is -1.06. The van der Waals surface area contributed by atoms with Gasteiger partial charge in [0.1, 0.15) is 6.04 Å². The number of ether oxygens (including phenoxy) is 1. The normalized spacial score (nSPS) is 11.0. The van der Waals surface area contributed by atoms with Crippen LogP contribution < -0.4 is 64.8 Å². The summed E-state index contributed by atoms with van der Waals surface area (Å²) >= 11 is 0. The maximum Gasteiger partial charge on any atom is 1.00 e. The molecule has 0 saturated carbocycles. The van der Waals surface area contributed by atoms with Gasteiger partial charge in [-0.3, -0.25) is 9.59 Å². The number of aliphatic carboxylic acids is 1. The summed E-state index contributed by atoms with van der Waals surface area (Å²) in [5.74, 6) is -2.45. The fourth-order valence-electron chi connectivity index (χ4n) is 2.57. The number of nitrogens with two attached hydrogens (primary N) is 1. The third kappa shape index (κ3) is 22.7. The van der Waals surface area contributed by atoms with E-state index in [1.165, 1.54) is 51.4 Å². The minimum Gasteiger partial charge on any atom is -1.00 e. The van der Waals surface area contributed by atoms with Crippen LogP contribution in [0.15, 0.2) is 0 Å². The van der Waals surface area contributed by atoms with Gasteiger partial charge in [0.25, 0.3) is 0 Å². The van der Waals surface area contributed by atoms with Crippen molar-refractivity contribution in [2.24, 2.45) is 5.73 Å². The molecule has 27 heavy (non-hydrogen) atoms. The van der Waals surface area contributed by atoms with Crippen molar-refractivity contribution < 1.29 is 86.2 Å². The van der Waals surface area contributed by atoms with E-state index < -0.39 is 23.9 Å².